The van der Waals surface area contributed by atoms with Crippen molar-refractivity contribution in [1.82, 2.24) is 14.8 Å². The van der Waals surface area contributed by atoms with E-state index in [-0.39, 0.29) is 17.9 Å². The second kappa shape index (κ2) is 9.85. The Morgan fingerprint density at radius 3 is 2.90 bits per heavy atom. The molecular weight excluding hydrogens is 410 g/mol. The van der Waals surface area contributed by atoms with Crippen molar-refractivity contribution in [2.75, 3.05) is 5.32 Å². The quantitative estimate of drug-likeness (QED) is 0.188. The minimum Gasteiger partial charge on any atom is -0.320 e. The molecule has 0 radical (unpaired) electrons. The van der Waals surface area contributed by atoms with Gasteiger partial charge in [-0.05, 0) is 29.3 Å². The lowest BCUT2D eigenvalue weighted by Gasteiger charge is -2.07. The molecule has 31 heavy (non-hydrogen) atoms. The molecular formula is C19H14F2N8O2. The van der Waals surface area contributed by atoms with Crippen molar-refractivity contribution in [3.8, 4) is 11.1 Å². The highest BCUT2D eigenvalue weighted by atomic mass is 19.1. The highest BCUT2D eigenvalue weighted by Crippen LogP contribution is 2.24. The summed E-state index contributed by atoms with van der Waals surface area (Å²) in [6, 6.07) is 3.31. The molecule has 156 valence electrons. The third-order valence-corrected chi connectivity index (χ3v) is 4.11. The summed E-state index contributed by atoms with van der Waals surface area (Å²) in [6.07, 6.45) is 8.91. The molecule has 0 unspecified atom stereocenters. The van der Waals surface area contributed by atoms with Gasteiger partial charge in [0.1, 0.15) is 24.8 Å². The van der Waals surface area contributed by atoms with Crippen LogP contribution in [0.5, 0.6) is 0 Å². The smallest absolute Gasteiger partial charge is 0.248 e. The number of pyridine rings is 1. The average Bonchev–Trinajstić information content (AvgIpc) is 3.23. The predicted octanol–water partition coefficient (Wildman–Crippen LogP) is 4.41. The molecule has 2 aromatic heterocycles. The zero-order chi connectivity index (χ0) is 22.2. The van der Waals surface area contributed by atoms with E-state index in [1.165, 1.54) is 17.0 Å². The summed E-state index contributed by atoms with van der Waals surface area (Å²) in [5.74, 6) is -2.45. The summed E-state index contributed by atoms with van der Waals surface area (Å²) in [6.45, 7) is -0.487. The average molecular weight is 424 g/mol. The number of amides is 1. The summed E-state index contributed by atoms with van der Waals surface area (Å²) in [5.41, 5.74) is 9.79. The van der Waals surface area contributed by atoms with Crippen LogP contribution < -0.4 is 5.32 Å². The Balaban J connectivity index is 1.77. The monoisotopic (exact) mass is 424 g/mol. The van der Waals surface area contributed by atoms with Gasteiger partial charge in [0.25, 0.3) is 0 Å². The van der Waals surface area contributed by atoms with Crippen LogP contribution in [0.25, 0.3) is 27.6 Å². The second-order valence-electron chi connectivity index (χ2n) is 6.14. The Hall–Kier alpha value is -4.44. The van der Waals surface area contributed by atoms with Gasteiger partial charge in [-0.15, -0.1) is 0 Å². The van der Waals surface area contributed by atoms with Crippen molar-refractivity contribution in [2.24, 2.45) is 10.3 Å². The number of nitrogens with one attached hydrogen (secondary N) is 1. The summed E-state index contributed by atoms with van der Waals surface area (Å²) in [4.78, 5) is 29.1. The largest absolute Gasteiger partial charge is 0.320 e. The lowest BCUT2D eigenvalue weighted by Crippen LogP contribution is -2.10. The molecule has 1 amide bonds. The van der Waals surface area contributed by atoms with Gasteiger partial charge in [-0.25, -0.2) is 8.78 Å². The fourth-order valence-electron chi connectivity index (χ4n) is 2.69. The number of carbonyl (C=O) groups excluding carboxylic acids is 1. The van der Waals surface area contributed by atoms with E-state index < -0.39 is 24.1 Å². The molecule has 3 aromatic rings. The molecule has 0 fully saturated rings. The predicted molar refractivity (Wildman–Crippen MR) is 108 cm³/mol. The van der Waals surface area contributed by atoms with Crippen molar-refractivity contribution < 1.29 is 13.6 Å². The highest BCUT2D eigenvalue weighted by molar-refractivity contribution is 6.02. The number of hydrogen-bond donors (Lipinski definition) is 1. The van der Waals surface area contributed by atoms with Crippen molar-refractivity contribution in [1.29, 1.82) is 0 Å². The Labute approximate surface area is 173 Å². The Morgan fingerprint density at radius 1 is 1.29 bits per heavy atom. The Bertz CT molecular complexity index is 1200. The normalized spacial score (nSPS) is 10.6. The van der Waals surface area contributed by atoms with Gasteiger partial charge in [0, 0.05) is 52.3 Å². The topological polar surface area (TPSA) is 138 Å². The van der Waals surface area contributed by atoms with Crippen LogP contribution in [-0.2, 0) is 18.0 Å². The summed E-state index contributed by atoms with van der Waals surface area (Å²) in [5, 5.41) is 12.3. The molecule has 3 rings (SSSR count). The maximum Gasteiger partial charge on any atom is 0.248 e. The number of nitrogens with zero attached hydrogens (tertiary/aromatic N) is 7. The molecule has 0 aliphatic rings. The zero-order valence-corrected chi connectivity index (χ0v) is 15.8. The van der Waals surface area contributed by atoms with E-state index in [4.69, 9.17) is 5.53 Å². The molecule has 0 bridgehead atoms. The number of rotatable bonds is 8. The maximum atomic E-state index is 14.1. The van der Waals surface area contributed by atoms with Gasteiger partial charge < -0.3 is 5.32 Å². The van der Waals surface area contributed by atoms with Crippen LogP contribution in [0.2, 0.25) is 0 Å². The van der Waals surface area contributed by atoms with E-state index in [0.29, 0.717) is 16.7 Å². The SMILES string of the molecule is [N-]=[N+]=NCn1cc(-c2ccncc2/C=C/C(=O)Nc2cc(F)c(CN=O)cc2F)cn1. The molecule has 10 nitrogen and oxygen atoms in total. The number of carbonyl (C=O) groups is 1. The first-order chi connectivity index (χ1) is 15.0. The Kier molecular flexibility index (Phi) is 6.76. The number of halogens is 2. The number of benzene rings is 1. The van der Waals surface area contributed by atoms with Crippen molar-refractivity contribution in [3.63, 3.8) is 0 Å². The third kappa shape index (κ3) is 5.34. The van der Waals surface area contributed by atoms with Crippen LogP contribution in [0.3, 0.4) is 0 Å². The van der Waals surface area contributed by atoms with Gasteiger partial charge in [-0.3, -0.25) is 14.5 Å². The van der Waals surface area contributed by atoms with Crippen molar-refractivity contribution in [3.05, 3.63) is 87.2 Å². The van der Waals surface area contributed by atoms with E-state index in [1.807, 2.05) is 0 Å². The standard InChI is InChI=1S/C19H14F2N8O2/c20-16-6-18(17(21)5-13(16)9-26-31)27-19(30)2-1-12-7-23-4-3-15(12)14-8-25-29(10-14)11-24-28-22/h1-8,10H,9,11H2,(H,27,30)/b2-1+. The number of azide groups is 1. The van der Waals surface area contributed by atoms with Crippen molar-refractivity contribution >= 4 is 17.7 Å². The summed E-state index contributed by atoms with van der Waals surface area (Å²) in [7, 11) is 0. The van der Waals surface area contributed by atoms with E-state index in [1.54, 1.807) is 24.7 Å². The van der Waals surface area contributed by atoms with Gasteiger partial charge in [-0.2, -0.15) is 10.0 Å². The molecule has 1 aromatic carbocycles. The lowest BCUT2D eigenvalue weighted by atomic mass is 10.0. The van der Waals surface area contributed by atoms with Gasteiger partial charge in [0.15, 0.2) is 0 Å². The number of nitroso groups, excluding NO2 is 1. The second-order valence-corrected chi connectivity index (χ2v) is 6.14. The molecule has 2 heterocycles. The summed E-state index contributed by atoms with van der Waals surface area (Å²) >= 11 is 0. The minimum absolute atomic E-state index is 0.0268. The van der Waals surface area contributed by atoms with Gasteiger partial charge in [0.2, 0.25) is 5.91 Å². The lowest BCUT2D eigenvalue weighted by molar-refractivity contribution is -0.111. The first kappa shape index (κ1) is 21.3. The first-order valence-corrected chi connectivity index (χ1v) is 8.75. The summed E-state index contributed by atoms with van der Waals surface area (Å²) < 4.78 is 29.4. The first-order valence-electron chi connectivity index (χ1n) is 8.75. The highest BCUT2D eigenvalue weighted by Gasteiger charge is 2.12. The third-order valence-electron chi connectivity index (χ3n) is 4.11. The fourth-order valence-corrected chi connectivity index (χ4v) is 2.69. The molecule has 1 N–H and O–H groups in total. The number of aromatic nitrogens is 3. The molecule has 0 saturated heterocycles. The number of anilines is 1. The van der Waals surface area contributed by atoms with Crippen molar-refractivity contribution in [2.45, 2.75) is 13.2 Å². The number of hydrogen-bond acceptors (Lipinski definition) is 6. The van der Waals surface area contributed by atoms with Crippen LogP contribution in [0.4, 0.5) is 14.5 Å². The Morgan fingerprint density at radius 2 is 2.13 bits per heavy atom. The van der Waals surface area contributed by atoms with E-state index >= 15 is 0 Å². The fraction of sp³-hybridized carbons (Fsp3) is 0.105. The molecule has 0 aliphatic heterocycles. The van der Waals surface area contributed by atoms with Gasteiger partial charge in [-0.1, -0.05) is 10.3 Å². The van der Waals surface area contributed by atoms with Crippen LogP contribution in [0.1, 0.15) is 11.1 Å². The molecule has 0 atom stereocenters. The van der Waals surface area contributed by atoms with Crippen LogP contribution in [-0.4, -0.2) is 20.7 Å². The van der Waals surface area contributed by atoms with E-state index in [2.05, 4.69) is 30.6 Å². The van der Waals surface area contributed by atoms with Gasteiger partial charge >= 0.3 is 0 Å². The molecule has 0 saturated carbocycles. The van der Waals surface area contributed by atoms with E-state index in [0.717, 1.165) is 18.2 Å². The van der Waals surface area contributed by atoms with E-state index in [9.17, 15) is 18.5 Å². The maximum absolute atomic E-state index is 14.1. The van der Waals surface area contributed by atoms with Crippen LogP contribution in [0, 0.1) is 16.5 Å². The van der Waals surface area contributed by atoms with Gasteiger partial charge in [0.05, 0.1) is 11.9 Å². The molecule has 0 aliphatic carbocycles. The van der Waals surface area contributed by atoms with Crippen LogP contribution in [0.15, 0.2) is 59.4 Å². The minimum atomic E-state index is -0.892. The van der Waals surface area contributed by atoms with Crippen LogP contribution >= 0.6 is 0 Å². The molecule has 0 spiro atoms. The zero-order valence-electron chi connectivity index (χ0n) is 15.8. The molecule has 12 heteroatoms.